The number of hydrogen-bond donors (Lipinski definition) is 3. The van der Waals surface area contributed by atoms with Crippen LogP contribution in [0.3, 0.4) is 0 Å². The Morgan fingerprint density at radius 3 is 2.18 bits per heavy atom. The first-order valence-corrected chi connectivity index (χ1v) is 8.95. The molecule has 9 heteroatoms. The average Bonchev–Trinajstić information content (AvgIpc) is 3.13. The molecule has 8 nitrogen and oxygen atoms in total. The summed E-state index contributed by atoms with van der Waals surface area (Å²) >= 11 is 3.38. The molecule has 3 aromatic rings. The lowest BCUT2D eigenvalue weighted by atomic mass is 10.1. The van der Waals surface area contributed by atoms with E-state index in [1.165, 1.54) is 33.5 Å². The highest BCUT2D eigenvalue weighted by atomic mass is 79.9. The Morgan fingerprint density at radius 1 is 0.929 bits per heavy atom. The summed E-state index contributed by atoms with van der Waals surface area (Å²) in [7, 11) is 4.38. The van der Waals surface area contributed by atoms with Crippen LogP contribution in [-0.2, 0) is 0 Å². The van der Waals surface area contributed by atoms with Gasteiger partial charge in [0.1, 0.15) is 0 Å². The van der Waals surface area contributed by atoms with Crippen LogP contribution in [-0.4, -0.2) is 38.1 Å². The Kier molecular flexibility index (Phi) is 5.74. The Labute approximate surface area is 169 Å². The molecule has 0 atom stereocenters. The normalized spacial score (nSPS) is 10.4. The van der Waals surface area contributed by atoms with Gasteiger partial charge in [0, 0.05) is 27.1 Å². The first-order chi connectivity index (χ1) is 13.5. The molecule has 0 spiro atoms. The third kappa shape index (κ3) is 3.74. The number of ether oxygens (including phenoxy) is 3. The zero-order chi connectivity index (χ0) is 20.3. The van der Waals surface area contributed by atoms with Gasteiger partial charge in [0.15, 0.2) is 11.5 Å². The molecule has 28 heavy (non-hydrogen) atoms. The molecule has 0 aliphatic carbocycles. The molecule has 0 radical (unpaired) electrons. The monoisotopic (exact) mass is 447 g/mol. The Hall–Kier alpha value is -3.20. The van der Waals surface area contributed by atoms with Crippen LogP contribution in [0.2, 0.25) is 0 Å². The van der Waals surface area contributed by atoms with Crippen molar-refractivity contribution >= 4 is 38.6 Å². The molecule has 0 unspecified atom stereocenters. The van der Waals surface area contributed by atoms with Gasteiger partial charge in [-0.2, -0.15) is 0 Å². The number of hydrazine groups is 1. The fraction of sp³-hybridized carbons (Fsp3) is 0.158. The minimum absolute atomic E-state index is 0.233. The van der Waals surface area contributed by atoms with E-state index in [0.717, 1.165) is 15.4 Å². The summed E-state index contributed by atoms with van der Waals surface area (Å²) in [6, 6.07) is 8.52. The summed E-state index contributed by atoms with van der Waals surface area (Å²) in [4.78, 5) is 28.0. The highest BCUT2D eigenvalue weighted by Crippen LogP contribution is 2.38. The number of aromatic amines is 1. The van der Waals surface area contributed by atoms with E-state index >= 15 is 0 Å². The molecule has 2 amide bonds. The average molecular weight is 448 g/mol. The predicted molar refractivity (Wildman–Crippen MR) is 107 cm³/mol. The molecule has 3 rings (SSSR count). The van der Waals surface area contributed by atoms with Crippen molar-refractivity contribution in [3.05, 3.63) is 52.1 Å². The maximum absolute atomic E-state index is 12.5. The van der Waals surface area contributed by atoms with Gasteiger partial charge in [-0.05, 0) is 30.3 Å². The number of fused-ring (bicyclic) bond motifs is 1. The summed E-state index contributed by atoms with van der Waals surface area (Å²) in [6.45, 7) is 0. The first-order valence-electron chi connectivity index (χ1n) is 8.15. The topological polar surface area (TPSA) is 102 Å². The highest BCUT2D eigenvalue weighted by Gasteiger charge is 2.18. The number of benzene rings is 2. The Morgan fingerprint density at radius 2 is 1.57 bits per heavy atom. The molecule has 3 N–H and O–H groups in total. The van der Waals surface area contributed by atoms with Crippen LogP contribution in [0.1, 0.15) is 20.7 Å². The number of aromatic nitrogens is 1. The van der Waals surface area contributed by atoms with Gasteiger partial charge in [-0.1, -0.05) is 15.9 Å². The summed E-state index contributed by atoms with van der Waals surface area (Å²) in [5, 5.41) is 0.730. The first kappa shape index (κ1) is 19.6. The molecule has 1 aromatic heterocycles. The van der Waals surface area contributed by atoms with Crippen molar-refractivity contribution in [1.82, 2.24) is 15.8 Å². The number of nitrogens with one attached hydrogen (secondary N) is 3. The molecule has 0 aliphatic heterocycles. The maximum atomic E-state index is 12.5. The fourth-order valence-corrected chi connectivity index (χ4v) is 3.11. The summed E-state index contributed by atoms with van der Waals surface area (Å²) in [5.41, 5.74) is 6.25. The molecule has 0 bridgehead atoms. The smallest absolute Gasteiger partial charge is 0.271 e. The zero-order valence-electron chi connectivity index (χ0n) is 15.4. The number of amides is 2. The summed E-state index contributed by atoms with van der Waals surface area (Å²) < 4.78 is 16.5. The zero-order valence-corrected chi connectivity index (χ0v) is 17.0. The van der Waals surface area contributed by atoms with Crippen LogP contribution in [0.25, 0.3) is 10.9 Å². The molecule has 0 saturated heterocycles. The van der Waals surface area contributed by atoms with Gasteiger partial charge < -0.3 is 19.2 Å². The fourth-order valence-electron chi connectivity index (χ4n) is 2.75. The SMILES string of the molecule is COc1cc(C(=O)NNC(=O)c2c[nH]c3ccc(Br)cc23)cc(OC)c1OC. The van der Waals surface area contributed by atoms with Crippen LogP contribution in [0.15, 0.2) is 41.0 Å². The number of H-pyrrole nitrogens is 1. The van der Waals surface area contributed by atoms with Crippen LogP contribution in [0.4, 0.5) is 0 Å². The lowest BCUT2D eigenvalue weighted by molar-refractivity contribution is 0.0847. The molecule has 146 valence electrons. The molecular weight excluding hydrogens is 430 g/mol. The van der Waals surface area contributed by atoms with E-state index in [1.807, 2.05) is 18.2 Å². The van der Waals surface area contributed by atoms with Crippen LogP contribution in [0.5, 0.6) is 17.2 Å². The van der Waals surface area contributed by atoms with Crippen LogP contribution >= 0.6 is 15.9 Å². The van der Waals surface area contributed by atoms with Crippen molar-refractivity contribution < 1.29 is 23.8 Å². The number of carbonyl (C=O) groups excluding carboxylic acids is 2. The van der Waals surface area contributed by atoms with Gasteiger partial charge in [-0.15, -0.1) is 0 Å². The second-order valence-electron chi connectivity index (χ2n) is 5.71. The van der Waals surface area contributed by atoms with Gasteiger partial charge in [0.05, 0.1) is 26.9 Å². The Bertz CT molecular complexity index is 1020. The van der Waals surface area contributed by atoms with E-state index in [0.29, 0.717) is 22.8 Å². The maximum Gasteiger partial charge on any atom is 0.271 e. The lowest BCUT2D eigenvalue weighted by Crippen LogP contribution is -2.41. The summed E-state index contributed by atoms with van der Waals surface area (Å²) in [5.74, 6) is 0.0494. The van der Waals surface area contributed by atoms with Crippen molar-refractivity contribution in [2.24, 2.45) is 0 Å². The second kappa shape index (κ2) is 8.22. The molecule has 0 aliphatic rings. The minimum atomic E-state index is -0.534. The second-order valence-corrected chi connectivity index (χ2v) is 6.63. The number of methoxy groups -OCH3 is 3. The number of hydrogen-bond acceptors (Lipinski definition) is 5. The third-order valence-corrected chi connectivity index (χ3v) is 4.60. The van der Waals surface area contributed by atoms with Crippen molar-refractivity contribution in [3.8, 4) is 17.2 Å². The number of rotatable bonds is 5. The van der Waals surface area contributed by atoms with E-state index < -0.39 is 11.8 Å². The Balaban J connectivity index is 1.78. The van der Waals surface area contributed by atoms with Crippen molar-refractivity contribution in [1.29, 1.82) is 0 Å². The quantitative estimate of drug-likeness (QED) is 0.521. The van der Waals surface area contributed by atoms with Crippen molar-refractivity contribution in [2.45, 2.75) is 0 Å². The predicted octanol–water partition coefficient (Wildman–Crippen LogP) is 3.03. The molecule has 2 aromatic carbocycles. The molecular formula is C19H18BrN3O5. The van der Waals surface area contributed by atoms with E-state index in [-0.39, 0.29) is 5.56 Å². The van der Waals surface area contributed by atoms with E-state index in [9.17, 15) is 9.59 Å². The van der Waals surface area contributed by atoms with Crippen LogP contribution in [0, 0.1) is 0 Å². The van der Waals surface area contributed by atoms with Gasteiger partial charge in [-0.25, -0.2) is 0 Å². The van der Waals surface area contributed by atoms with Gasteiger partial charge in [0.2, 0.25) is 5.75 Å². The largest absolute Gasteiger partial charge is 0.493 e. The summed E-state index contributed by atoms with van der Waals surface area (Å²) in [6.07, 6.45) is 1.58. The number of carbonyl (C=O) groups is 2. The highest BCUT2D eigenvalue weighted by molar-refractivity contribution is 9.10. The molecule has 0 fully saturated rings. The third-order valence-electron chi connectivity index (χ3n) is 4.10. The van der Waals surface area contributed by atoms with E-state index in [2.05, 4.69) is 31.8 Å². The van der Waals surface area contributed by atoms with Gasteiger partial charge >= 0.3 is 0 Å². The van der Waals surface area contributed by atoms with Crippen LogP contribution < -0.4 is 25.1 Å². The lowest BCUT2D eigenvalue weighted by Gasteiger charge is -2.14. The van der Waals surface area contributed by atoms with Crippen molar-refractivity contribution in [3.63, 3.8) is 0 Å². The minimum Gasteiger partial charge on any atom is -0.493 e. The van der Waals surface area contributed by atoms with Crippen molar-refractivity contribution in [2.75, 3.05) is 21.3 Å². The van der Waals surface area contributed by atoms with E-state index in [1.54, 1.807) is 6.20 Å². The van der Waals surface area contributed by atoms with Gasteiger partial charge in [0.25, 0.3) is 11.8 Å². The standard InChI is InChI=1S/C19H18BrN3O5/c1-26-15-6-10(7-16(27-2)17(15)28-3)18(24)22-23-19(25)13-9-21-14-5-4-11(20)8-12(13)14/h4-9,21H,1-3H3,(H,22,24)(H,23,25). The molecule has 0 saturated carbocycles. The van der Waals surface area contributed by atoms with E-state index in [4.69, 9.17) is 14.2 Å². The number of halogens is 1. The van der Waals surface area contributed by atoms with Gasteiger partial charge in [-0.3, -0.25) is 20.4 Å². The molecule has 1 heterocycles.